The number of amides is 3. The Bertz CT molecular complexity index is 321. The molecule has 96 valence electrons. The van der Waals surface area contributed by atoms with Gasteiger partial charge in [-0.1, -0.05) is 0 Å². The van der Waals surface area contributed by atoms with E-state index in [1.165, 1.54) is 0 Å². The number of urea groups is 1. The number of aliphatic imine (C=N–C) groups is 1. The Morgan fingerprint density at radius 2 is 2.35 bits per heavy atom. The molecular formula is C8H14N4O5. The average Bonchev–Trinajstić information content (AvgIpc) is 2.58. The summed E-state index contributed by atoms with van der Waals surface area (Å²) < 4.78 is 5.11. The van der Waals surface area contributed by atoms with Gasteiger partial charge >= 0.3 is 6.03 Å². The number of guanidine groups is 1. The molecule has 1 aliphatic heterocycles. The largest absolute Gasteiger partial charge is 0.394 e. The summed E-state index contributed by atoms with van der Waals surface area (Å²) in [7, 11) is 0. The van der Waals surface area contributed by atoms with Gasteiger partial charge in [-0.3, -0.25) is 10.1 Å². The quantitative estimate of drug-likeness (QED) is 0.207. The number of hydrogen-bond donors (Lipinski definition) is 5. The third-order valence-electron chi connectivity index (χ3n) is 2.13. The molecule has 0 aromatic rings. The summed E-state index contributed by atoms with van der Waals surface area (Å²) in [6, 6.07) is -0.719. The molecule has 1 rings (SSSR count). The Morgan fingerprint density at radius 1 is 1.65 bits per heavy atom. The van der Waals surface area contributed by atoms with E-state index in [-0.39, 0.29) is 25.4 Å². The number of nitrogens with one attached hydrogen (secondary N) is 2. The minimum Gasteiger partial charge on any atom is -0.394 e. The number of aliphatic hydroxyl groups excluding tert-OH is 2. The van der Waals surface area contributed by atoms with Gasteiger partial charge in [-0.25, -0.2) is 4.79 Å². The van der Waals surface area contributed by atoms with Crippen LogP contribution in [0.1, 0.15) is 6.42 Å². The first-order valence-electron chi connectivity index (χ1n) is 4.85. The molecule has 1 aliphatic rings. The van der Waals surface area contributed by atoms with E-state index in [1.807, 2.05) is 0 Å². The number of nitrogens with two attached hydrogens (primary N) is 1. The lowest BCUT2D eigenvalue weighted by molar-refractivity contribution is -0.106. The second-order valence-corrected chi connectivity index (χ2v) is 3.37. The fourth-order valence-corrected chi connectivity index (χ4v) is 1.37. The minimum atomic E-state index is -0.841. The standard InChI is InChI=1S/C8H14N4O5/c9-7(10-3-14)12-8(16)11-6-1-4(15)5(2-13)17-6/h3-6,13,15H,1-2H2,(H4,9,10,11,12,14,16)/t4?,5-,6-/m1/s1. The average molecular weight is 246 g/mol. The van der Waals surface area contributed by atoms with Crippen LogP contribution in [-0.2, 0) is 9.53 Å². The summed E-state index contributed by atoms with van der Waals surface area (Å²) in [6.45, 7) is -0.338. The molecule has 0 bridgehead atoms. The van der Waals surface area contributed by atoms with Crippen molar-refractivity contribution in [2.45, 2.75) is 24.9 Å². The maximum Gasteiger partial charge on any atom is 0.323 e. The number of carbonyl (C=O) groups excluding carboxylic acids is 2. The van der Waals surface area contributed by atoms with Crippen LogP contribution in [-0.4, -0.2) is 53.7 Å². The molecule has 0 radical (unpaired) electrons. The molecule has 6 N–H and O–H groups in total. The first kappa shape index (κ1) is 13.4. The molecule has 0 aromatic carbocycles. The predicted octanol–water partition coefficient (Wildman–Crippen LogP) is -2.78. The molecule has 3 atom stereocenters. The van der Waals surface area contributed by atoms with Gasteiger partial charge in [-0.15, -0.1) is 0 Å². The van der Waals surface area contributed by atoms with E-state index in [0.717, 1.165) is 0 Å². The third kappa shape index (κ3) is 3.98. The molecule has 0 spiro atoms. The molecule has 9 heteroatoms. The number of ether oxygens (including phenoxy) is 1. The van der Waals surface area contributed by atoms with Gasteiger partial charge in [0.2, 0.25) is 12.4 Å². The van der Waals surface area contributed by atoms with Crippen molar-refractivity contribution < 1.29 is 24.5 Å². The molecule has 17 heavy (non-hydrogen) atoms. The molecule has 1 unspecified atom stereocenters. The Hall–Kier alpha value is -1.71. The zero-order chi connectivity index (χ0) is 12.8. The Kier molecular flexibility index (Phi) is 4.82. The maximum absolute atomic E-state index is 11.3. The summed E-state index contributed by atoms with van der Waals surface area (Å²) in [5.41, 5.74) is 5.16. The molecule has 1 saturated heterocycles. The number of aliphatic hydroxyl groups is 2. The zero-order valence-corrected chi connectivity index (χ0v) is 8.87. The molecule has 3 amide bonds. The van der Waals surface area contributed by atoms with Gasteiger partial charge in [0.05, 0.1) is 12.7 Å². The normalized spacial score (nSPS) is 28.8. The number of rotatable bonds is 3. The SMILES string of the molecule is NC(=NC=O)NC(=O)N[C@H]1CC(O)[C@@H](CO)O1. The zero-order valence-electron chi connectivity index (χ0n) is 8.87. The van der Waals surface area contributed by atoms with E-state index >= 15 is 0 Å². The molecule has 9 nitrogen and oxygen atoms in total. The monoisotopic (exact) mass is 246 g/mol. The van der Waals surface area contributed by atoms with Crippen LogP contribution in [0.25, 0.3) is 0 Å². The summed E-state index contributed by atoms with van der Waals surface area (Å²) in [6.07, 6.45) is -1.95. The lowest BCUT2D eigenvalue weighted by Crippen LogP contribution is -2.47. The van der Waals surface area contributed by atoms with E-state index in [9.17, 15) is 14.7 Å². The van der Waals surface area contributed by atoms with Gasteiger partial charge in [0.25, 0.3) is 0 Å². The third-order valence-corrected chi connectivity index (χ3v) is 2.13. The van der Waals surface area contributed by atoms with Crippen molar-refractivity contribution in [3.63, 3.8) is 0 Å². The number of hydrogen-bond acceptors (Lipinski definition) is 5. The Balaban J connectivity index is 2.38. The minimum absolute atomic E-state index is 0.156. The van der Waals surface area contributed by atoms with Crippen LogP contribution in [0.2, 0.25) is 0 Å². The van der Waals surface area contributed by atoms with E-state index in [1.54, 1.807) is 0 Å². The summed E-state index contributed by atoms with van der Waals surface area (Å²) in [5.74, 6) is -0.352. The highest BCUT2D eigenvalue weighted by atomic mass is 16.5. The van der Waals surface area contributed by atoms with Gasteiger partial charge in [0, 0.05) is 6.42 Å². The maximum atomic E-state index is 11.3. The summed E-state index contributed by atoms with van der Waals surface area (Å²) in [4.78, 5) is 24.3. The van der Waals surface area contributed by atoms with Crippen molar-refractivity contribution in [1.29, 1.82) is 0 Å². The highest BCUT2D eigenvalue weighted by molar-refractivity contribution is 5.97. The van der Waals surface area contributed by atoms with Crippen LogP contribution in [0, 0.1) is 0 Å². The second-order valence-electron chi connectivity index (χ2n) is 3.37. The molecule has 1 heterocycles. The molecule has 0 aromatic heterocycles. The highest BCUT2D eigenvalue weighted by Gasteiger charge is 2.34. The van der Waals surface area contributed by atoms with E-state index in [4.69, 9.17) is 15.6 Å². The molecule has 0 aliphatic carbocycles. The lowest BCUT2D eigenvalue weighted by atomic mass is 10.2. The lowest BCUT2D eigenvalue weighted by Gasteiger charge is -2.13. The van der Waals surface area contributed by atoms with Gasteiger partial charge < -0.3 is 26.0 Å². The van der Waals surface area contributed by atoms with Gasteiger partial charge in [0.15, 0.2) is 0 Å². The van der Waals surface area contributed by atoms with Gasteiger partial charge in [-0.05, 0) is 0 Å². The van der Waals surface area contributed by atoms with Crippen LogP contribution < -0.4 is 16.4 Å². The smallest absolute Gasteiger partial charge is 0.323 e. The molecule has 0 saturated carbocycles. The van der Waals surface area contributed by atoms with Crippen LogP contribution in [0.5, 0.6) is 0 Å². The van der Waals surface area contributed by atoms with E-state index in [2.05, 4.69) is 15.6 Å². The van der Waals surface area contributed by atoms with Crippen molar-refractivity contribution in [1.82, 2.24) is 10.6 Å². The van der Waals surface area contributed by atoms with Crippen molar-refractivity contribution in [3.05, 3.63) is 0 Å². The van der Waals surface area contributed by atoms with Crippen molar-refractivity contribution in [3.8, 4) is 0 Å². The van der Waals surface area contributed by atoms with Gasteiger partial charge in [-0.2, -0.15) is 4.99 Å². The number of nitrogens with zero attached hydrogens (tertiary/aromatic N) is 1. The fraction of sp³-hybridized carbons (Fsp3) is 0.625. The molecular weight excluding hydrogens is 232 g/mol. The van der Waals surface area contributed by atoms with Crippen LogP contribution in [0.4, 0.5) is 4.79 Å². The van der Waals surface area contributed by atoms with Crippen molar-refractivity contribution in [2.24, 2.45) is 10.7 Å². The van der Waals surface area contributed by atoms with Gasteiger partial charge in [0.1, 0.15) is 12.3 Å². The highest BCUT2D eigenvalue weighted by Crippen LogP contribution is 2.17. The van der Waals surface area contributed by atoms with Crippen molar-refractivity contribution >= 4 is 18.4 Å². The first-order chi connectivity index (χ1) is 8.06. The number of carbonyl (C=O) groups is 2. The van der Waals surface area contributed by atoms with Crippen LogP contribution in [0.3, 0.4) is 0 Å². The topological polar surface area (TPSA) is 146 Å². The van der Waals surface area contributed by atoms with Crippen LogP contribution in [0.15, 0.2) is 4.99 Å². The first-order valence-corrected chi connectivity index (χ1v) is 4.85. The molecule has 1 fully saturated rings. The Labute approximate surface area is 96.6 Å². The van der Waals surface area contributed by atoms with Crippen molar-refractivity contribution in [2.75, 3.05) is 6.61 Å². The Morgan fingerprint density at radius 3 is 2.88 bits per heavy atom. The van der Waals surface area contributed by atoms with E-state index < -0.39 is 24.5 Å². The fourth-order valence-electron chi connectivity index (χ4n) is 1.37. The summed E-state index contributed by atoms with van der Waals surface area (Å²) >= 11 is 0. The van der Waals surface area contributed by atoms with Crippen LogP contribution >= 0.6 is 0 Å². The summed E-state index contributed by atoms with van der Waals surface area (Å²) in [5, 5.41) is 22.6. The predicted molar refractivity (Wildman–Crippen MR) is 55.7 cm³/mol. The van der Waals surface area contributed by atoms with E-state index in [0.29, 0.717) is 0 Å². The second kappa shape index (κ2) is 6.13.